The maximum absolute atomic E-state index is 13.1. The van der Waals surface area contributed by atoms with Gasteiger partial charge in [0.05, 0.1) is 17.6 Å². The fourth-order valence-electron chi connectivity index (χ4n) is 1.35. The van der Waals surface area contributed by atoms with E-state index < -0.39 is 10.7 Å². The van der Waals surface area contributed by atoms with Crippen LogP contribution in [0.25, 0.3) is 0 Å². The molecule has 1 N–H and O–H groups in total. The van der Waals surface area contributed by atoms with Gasteiger partial charge in [-0.1, -0.05) is 11.6 Å². The molecule has 0 aliphatic heterocycles. The largest absolute Gasteiger partial charge is 0.433 e. The van der Waals surface area contributed by atoms with E-state index in [9.17, 15) is 14.5 Å². The monoisotopic (exact) mass is 270 g/mol. The summed E-state index contributed by atoms with van der Waals surface area (Å²) in [7, 11) is 0. The van der Waals surface area contributed by atoms with Crippen LogP contribution in [0.2, 0.25) is 5.02 Å². The normalized spacial score (nSPS) is 10.3. The van der Waals surface area contributed by atoms with E-state index in [0.29, 0.717) is 11.4 Å². The topological polar surface area (TPSA) is 68.3 Å². The summed E-state index contributed by atoms with van der Waals surface area (Å²) in [6.07, 6.45) is 0. The van der Waals surface area contributed by atoms with Gasteiger partial charge in [0, 0.05) is 5.69 Å². The Morgan fingerprint density at radius 2 is 2.17 bits per heavy atom. The highest BCUT2D eigenvalue weighted by atomic mass is 35.5. The first-order chi connectivity index (χ1) is 8.56. The van der Waals surface area contributed by atoms with Gasteiger partial charge in [-0.3, -0.25) is 10.1 Å². The van der Waals surface area contributed by atoms with Crippen LogP contribution in [0.5, 0.6) is 0 Å². The van der Waals surface area contributed by atoms with Gasteiger partial charge in [0.25, 0.3) is 0 Å². The lowest BCUT2D eigenvalue weighted by molar-refractivity contribution is -0.402. The molecular weight excluding hydrogens is 263 g/mol. The smallest absolute Gasteiger partial charge is 0.404 e. The minimum atomic E-state index is -0.620. The van der Waals surface area contributed by atoms with E-state index >= 15 is 0 Å². The fourth-order valence-corrected chi connectivity index (χ4v) is 1.47. The Morgan fingerprint density at radius 1 is 1.39 bits per heavy atom. The molecular formula is C11H8ClFN2O3. The SMILES string of the molecule is O=[N+]([O-])c1ccc(CNc2ccc(Cl)c(F)c2)o1. The molecule has 1 heterocycles. The minimum absolute atomic E-state index is 0.0363. The molecule has 1 aromatic carbocycles. The number of hydrogen-bond donors (Lipinski definition) is 1. The molecule has 18 heavy (non-hydrogen) atoms. The number of anilines is 1. The average molecular weight is 271 g/mol. The molecule has 0 atom stereocenters. The van der Waals surface area contributed by atoms with Crippen LogP contribution >= 0.6 is 11.6 Å². The predicted octanol–water partition coefficient (Wildman–Crippen LogP) is 3.59. The van der Waals surface area contributed by atoms with Crippen molar-refractivity contribution in [1.82, 2.24) is 0 Å². The van der Waals surface area contributed by atoms with Gasteiger partial charge in [0.15, 0.2) is 0 Å². The highest BCUT2D eigenvalue weighted by Gasteiger charge is 2.11. The predicted molar refractivity (Wildman–Crippen MR) is 64.1 cm³/mol. The molecule has 1 aromatic heterocycles. The van der Waals surface area contributed by atoms with Gasteiger partial charge in [0.2, 0.25) is 0 Å². The van der Waals surface area contributed by atoms with Crippen LogP contribution in [-0.2, 0) is 6.54 Å². The van der Waals surface area contributed by atoms with Crippen LogP contribution in [0.1, 0.15) is 5.76 Å². The van der Waals surface area contributed by atoms with Gasteiger partial charge >= 0.3 is 5.88 Å². The van der Waals surface area contributed by atoms with E-state index in [4.69, 9.17) is 16.0 Å². The molecule has 0 spiro atoms. The molecule has 7 heteroatoms. The van der Waals surface area contributed by atoms with Crippen LogP contribution in [0.4, 0.5) is 16.0 Å². The first-order valence-electron chi connectivity index (χ1n) is 4.98. The second kappa shape index (κ2) is 5.05. The van der Waals surface area contributed by atoms with Gasteiger partial charge in [0.1, 0.15) is 16.5 Å². The van der Waals surface area contributed by atoms with Gasteiger partial charge < -0.3 is 9.73 Å². The Morgan fingerprint density at radius 3 is 2.78 bits per heavy atom. The third-order valence-corrected chi connectivity index (χ3v) is 2.52. The number of rotatable bonds is 4. The first kappa shape index (κ1) is 12.4. The summed E-state index contributed by atoms with van der Waals surface area (Å²) < 4.78 is 18.1. The number of nitrogens with zero attached hydrogens (tertiary/aromatic N) is 1. The molecule has 0 saturated heterocycles. The lowest BCUT2D eigenvalue weighted by atomic mass is 10.3. The van der Waals surface area contributed by atoms with Crippen molar-refractivity contribution in [2.75, 3.05) is 5.32 Å². The van der Waals surface area contributed by atoms with Crippen molar-refractivity contribution in [1.29, 1.82) is 0 Å². The first-order valence-corrected chi connectivity index (χ1v) is 5.36. The number of hydrogen-bond acceptors (Lipinski definition) is 4. The molecule has 0 bridgehead atoms. The van der Waals surface area contributed by atoms with Crippen LogP contribution in [0, 0.1) is 15.9 Å². The van der Waals surface area contributed by atoms with E-state index in [-0.39, 0.29) is 17.5 Å². The van der Waals surface area contributed by atoms with Crippen molar-refractivity contribution in [3.8, 4) is 0 Å². The Labute approximate surface area is 106 Å². The van der Waals surface area contributed by atoms with Crippen molar-refractivity contribution in [3.63, 3.8) is 0 Å². The Hall–Kier alpha value is -2.08. The molecule has 0 unspecified atom stereocenters. The number of furan rings is 1. The molecule has 2 aromatic rings. The van der Waals surface area contributed by atoms with Gasteiger partial charge in [-0.25, -0.2) is 4.39 Å². The van der Waals surface area contributed by atoms with Gasteiger partial charge in [-0.2, -0.15) is 0 Å². The molecule has 0 radical (unpaired) electrons. The number of nitrogens with one attached hydrogen (secondary N) is 1. The number of halogens is 2. The lowest BCUT2D eigenvalue weighted by Gasteiger charge is -2.04. The molecule has 94 valence electrons. The zero-order valence-corrected chi connectivity index (χ0v) is 9.78. The third-order valence-electron chi connectivity index (χ3n) is 2.21. The maximum atomic E-state index is 13.1. The summed E-state index contributed by atoms with van der Waals surface area (Å²) in [4.78, 5) is 9.78. The van der Waals surface area contributed by atoms with Crippen molar-refractivity contribution >= 4 is 23.2 Å². The van der Waals surface area contributed by atoms with Crippen molar-refractivity contribution in [2.45, 2.75) is 6.54 Å². The zero-order chi connectivity index (χ0) is 13.1. The highest BCUT2D eigenvalue weighted by molar-refractivity contribution is 6.30. The summed E-state index contributed by atoms with van der Waals surface area (Å²) in [6, 6.07) is 7.00. The summed E-state index contributed by atoms with van der Waals surface area (Å²) in [5.41, 5.74) is 0.510. The molecule has 0 fully saturated rings. The van der Waals surface area contributed by atoms with Crippen LogP contribution in [-0.4, -0.2) is 4.92 Å². The standard InChI is InChI=1S/C11H8ClFN2O3/c12-9-3-1-7(5-10(9)13)14-6-8-2-4-11(18-8)15(16)17/h1-5,14H,6H2. The molecule has 5 nitrogen and oxygen atoms in total. The summed E-state index contributed by atoms with van der Waals surface area (Å²) in [6.45, 7) is 0.217. The molecule has 0 saturated carbocycles. The molecule has 0 aliphatic carbocycles. The summed E-state index contributed by atoms with van der Waals surface area (Å²) >= 11 is 5.54. The van der Waals surface area contributed by atoms with E-state index in [1.807, 2.05) is 0 Å². The van der Waals surface area contributed by atoms with Crippen molar-refractivity contribution in [3.05, 3.63) is 57.0 Å². The Kier molecular flexibility index (Phi) is 3.47. The number of benzene rings is 1. The molecule has 2 rings (SSSR count). The Balaban J connectivity index is 2.02. The van der Waals surface area contributed by atoms with E-state index in [1.54, 1.807) is 6.07 Å². The van der Waals surface area contributed by atoms with Crippen LogP contribution in [0.3, 0.4) is 0 Å². The highest BCUT2D eigenvalue weighted by Crippen LogP contribution is 2.20. The Bertz CT molecular complexity index is 585. The van der Waals surface area contributed by atoms with E-state index in [2.05, 4.69) is 5.32 Å². The maximum Gasteiger partial charge on any atom is 0.433 e. The van der Waals surface area contributed by atoms with Crippen LogP contribution in [0.15, 0.2) is 34.7 Å². The van der Waals surface area contributed by atoms with E-state index in [1.165, 1.54) is 24.3 Å². The molecule has 0 aliphatic rings. The quantitative estimate of drug-likeness (QED) is 0.681. The second-order valence-electron chi connectivity index (χ2n) is 3.48. The van der Waals surface area contributed by atoms with Crippen molar-refractivity contribution < 1.29 is 13.7 Å². The van der Waals surface area contributed by atoms with Gasteiger partial charge in [-0.05, 0) is 24.3 Å². The molecule has 0 amide bonds. The van der Waals surface area contributed by atoms with Crippen LogP contribution < -0.4 is 5.32 Å². The van der Waals surface area contributed by atoms with E-state index in [0.717, 1.165) is 0 Å². The average Bonchev–Trinajstić information content (AvgIpc) is 2.79. The minimum Gasteiger partial charge on any atom is -0.404 e. The lowest BCUT2D eigenvalue weighted by Crippen LogP contribution is -1.98. The van der Waals surface area contributed by atoms with Crippen molar-refractivity contribution in [2.24, 2.45) is 0 Å². The number of nitro groups is 1. The third kappa shape index (κ3) is 2.78. The van der Waals surface area contributed by atoms with Gasteiger partial charge in [-0.15, -0.1) is 0 Å². The fraction of sp³-hybridized carbons (Fsp3) is 0.0909. The summed E-state index contributed by atoms with van der Waals surface area (Å²) in [5, 5.41) is 13.3. The zero-order valence-electron chi connectivity index (χ0n) is 9.02. The summed E-state index contributed by atoms with van der Waals surface area (Å²) in [5.74, 6) is -0.474. The second-order valence-corrected chi connectivity index (χ2v) is 3.89.